The molecule has 1 aromatic heterocycles. The van der Waals surface area contributed by atoms with Gasteiger partial charge in [0.2, 0.25) is 5.95 Å². The minimum atomic E-state index is -0.386. The lowest BCUT2D eigenvalue weighted by atomic mass is 9.98. The van der Waals surface area contributed by atoms with Gasteiger partial charge in [-0.05, 0) is 41.5 Å². The van der Waals surface area contributed by atoms with E-state index in [0.29, 0.717) is 19.6 Å². The van der Waals surface area contributed by atoms with Crippen LogP contribution in [0, 0.1) is 0 Å². The summed E-state index contributed by atoms with van der Waals surface area (Å²) in [5.41, 5.74) is 5.84. The molecule has 6 nitrogen and oxygen atoms in total. The molecule has 1 N–H and O–H groups in total. The van der Waals surface area contributed by atoms with E-state index in [1.165, 1.54) is 35.1 Å². The number of ether oxygens (including phenoxy) is 1. The summed E-state index contributed by atoms with van der Waals surface area (Å²) in [5.74, 6) is 0.883. The van der Waals surface area contributed by atoms with Crippen LogP contribution in [0.3, 0.4) is 0 Å². The first kappa shape index (κ1) is 21.2. The number of hydrogen-bond acceptors (Lipinski definition) is 5. The van der Waals surface area contributed by atoms with Crippen molar-refractivity contribution in [2.45, 2.75) is 25.2 Å². The molecule has 0 saturated carbocycles. The minimum Gasteiger partial charge on any atom is -0.449 e. The van der Waals surface area contributed by atoms with E-state index in [4.69, 9.17) is 4.74 Å². The summed E-state index contributed by atoms with van der Waals surface area (Å²) in [4.78, 5) is 23.4. The first-order valence-electron chi connectivity index (χ1n) is 11.6. The quantitative estimate of drug-likeness (QED) is 0.523. The van der Waals surface area contributed by atoms with Crippen LogP contribution in [0.25, 0.3) is 17.2 Å². The van der Waals surface area contributed by atoms with E-state index in [0.717, 1.165) is 24.6 Å². The van der Waals surface area contributed by atoms with Crippen LogP contribution in [0.15, 0.2) is 67.0 Å². The Morgan fingerprint density at radius 2 is 1.64 bits per heavy atom. The Labute approximate surface area is 194 Å². The van der Waals surface area contributed by atoms with Crippen molar-refractivity contribution in [1.82, 2.24) is 15.3 Å². The number of anilines is 1. The molecule has 0 radical (unpaired) electrons. The summed E-state index contributed by atoms with van der Waals surface area (Å²) in [7, 11) is 0. The van der Waals surface area contributed by atoms with Gasteiger partial charge in [-0.3, -0.25) is 0 Å². The molecule has 0 spiro atoms. The van der Waals surface area contributed by atoms with E-state index in [1.807, 2.05) is 48.8 Å². The summed E-state index contributed by atoms with van der Waals surface area (Å²) in [6.07, 6.45) is 10.4. The van der Waals surface area contributed by atoms with Crippen molar-refractivity contribution in [2.75, 3.05) is 31.1 Å². The van der Waals surface area contributed by atoms with Crippen LogP contribution in [0.2, 0.25) is 0 Å². The number of aromatic nitrogens is 2. The predicted molar refractivity (Wildman–Crippen MR) is 130 cm³/mol. The third-order valence-corrected chi connectivity index (χ3v) is 6.28. The lowest BCUT2D eigenvalue weighted by molar-refractivity contribution is 0.143. The first-order chi connectivity index (χ1) is 16.3. The Kier molecular flexibility index (Phi) is 6.33. The lowest BCUT2D eigenvalue weighted by Crippen LogP contribution is -2.26. The van der Waals surface area contributed by atoms with E-state index in [1.54, 1.807) is 0 Å². The maximum Gasteiger partial charge on any atom is 0.407 e. The zero-order chi connectivity index (χ0) is 22.5. The monoisotopic (exact) mass is 440 g/mol. The fourth-order valence-corrected chi connectivity index (χ4v) is 4.62. The molecular weight excluding hydrogens is 412 g/mol. The molecule has 0 atom stereocenters. The lowest BCUT2D eigenvalue weighted by Gasteiger charge is -2.14. The maximum atomic E-state index is 12.2. The normalized spacial score (nSPS) is 15.0. The van der Waals surface area contributed by atoms with Gasteiger partial charge in [0, 0.05) is 43.5 Å². The molecule has 2 aliphatic rings. The van der Waals surface area contributed by atoms with Crippen LogP contribution in [0.1, 0.15) is 41.9 Å². The highest BCUT2D eigenvalue weighted by Gasteiger charge is 2.28. The van der Waals surface area contributed by atoms with Gasteiger partial charge in [-0.25, -0.2) is 14.8 Å². The number of alkyl carbamates (subject to hydrolysis) is 1. The predicted octanol–water partition coefficient (Wildman–Crippen LogP) is 5.02. The van der Waals surface area contributed by atoms with Crippen molar-refractivity contribution < 1.29 is 9.53 Å². The Morgan fingerprint density at radius 3 is 2.30 bits per heavy atom. The minimum absolute atomic E-state index is 0.0755. The van der Waals surface area contributed by atoms with E-state index in [-0.39, 0.29) is 12.0 Å². The molecule has 1 saturated heterocycles. The summed E-state index contributed by atoms with van der Waals surface area (Å²) in [6.45, 7) is 2.92. The second-order valence-electron chi connectivity index (χ2n) is 8.45. The molecule has 0 unspecified atom stereocenters. The SMILES string of the molecule is O=C(NCCC=Cc1cnc(N2CCCC2)nc1)OCC1c2ccccc2-c2ccccc21. The number of nitrogens with one attached hydrogen (secondary N) is 1. The van der Waals surface area contributed by atoms with E-state index < -0.39 is 0 Å². The van der Waals surface area contributed by atoms with Gasteiger partial charge in [-0.2, -0.15) is 0 Å². The molecular formula is C27H28N4O2. The van der Waals surface area contributed by atoms with Crippen molar-refractivity contribution in [1.29, 1.82) is 0 Å². The highest BCUT2D eigenvalue weighted by atomic mass is 16.5. The van der Waals surface area contributed by atoms with Crippen LogP contribution in [0.5, 0.6) is 0 Å². The molecule has 1 aliphatic carbocycles. The Hall–Kier alpha value is -3.67. The first-order valence-corrected chi connectivity index (χ1v) is 11.6. The average Bonchev–Trinajstić information content (AvgIpc) is 3.50. The van der Waals surface area contributed by atoms with E-state index in [9.17, 15) is 4.79 Å². The molecule has 0 bridgehead atoms. The standard InChI is InChI=1S/C27H28N4O2/c32-27(28-14-6-5-9-20-17-29-26(30-18-20)31-15-7-8-16-31)33-19-25-23-12-3-1-10-21(23)22-11-2-4-13-24(22)25/h1-5,9-13,17-18,25H,6-8,14-16,19H2,(H,28,32). The van der Waals surface area contributed by atoms with Gasteiger partial charge in [0.1, 0.15) is 6.61 Å². The third kappa shape index (κ3) is 4.75. The van der Waals surface area contributed by atoms with E-state index >= 15 is 0 Å². The fourth-order valence-electron chi connectivity index (χ4n) is 4.62. The molecule has 3 aromatic rings. The highest BCUT2D eigenvalue weighted by Crippen LogP contribution is 2.44. The highest BCUT2D eigenvalue weighted by molar-refractivity contribution is 5.79. The van der Waals surface area contributed by atoms with Crippen LogP contribution < -0.4 is 10.2 Å². The summed E-state index contributed by atoms with van der Waals surface area (Å²) < 4.78 is 5.57. The molecule has 1 amide bonds. The van der Waals surface area contributed by atoms with Crippen molar-refractivity contribution >= 4 is 18.1 Å². The number of fused-ring (bicyclic) bond motifs is 3. The number of benzene rings is 2. The van der Waals surface area contributed by atoms with Gasteiger partial charge in [0.15, 0.2) is 0 Å². The van der Waals surface area contributed by atoms with Crippen molar-refractivity contribution in [3.8, 4) is 11.1 Å². The zero-order valence-corrected chi connectivity index (χ0v) is 18.6. The molecule has 1 fully saturated rings. The average molecular weight is 441 g/mol. The smallest absolute Gasteiger partial charge is 0.407 e. The molecule has 168 valence electrons. The van der Waals surface area contributed by atoms with Crippen LogP contribution in [0.4, 0.5) is 10.7 Å². The van der Waals surface area contributed by atoms with Gasteiger partial charge < -0.3 is 15.0 Å². The number of nitrogens with zero attached hydrogens (tertiary/aromatic N) is 3. The molecule has 5 rings (SSSR count). The van der Waals surface area contributed by atoms with Gasteiger partial charge in [0.05, 0.1) is 0 Å². The fraction of sp³-hybridized carbons (Fsp3) is 0.296. The number of amides is 1. The van der Waals surface area contributed by atoms with Crippen molar-refractivity contribution in [3.63, 3.8) is 0 Å². The third-order valence-electron chi connectivity index (χ3n) is 6.28. The number of rotatable bonds is 7. The summed E-state index contributed by atoms with van der Waals surface area (Å²) in [5, 5.41) is 2.84. The van der Waals surface area contributed by atoms with Gasteiger partial charge in [0.25, 0.3) is 0 Å². The summed E-state index contributed by atoms with van der Waals surface area (Å²) in [6, 6.07) is 16.7. The van der Waals surface area contributed by atoms with Crippen molar-refractivity contribution in [2.24, 2.45) is 0 Å². The number of carbonyl (C=O) groups is 1. The summed E-state index contributed by atoms with van der Waals surface area (Å²) >= 11 is 0. The van der Waals surface area contributed by atoms with Crippen molar-refractivity contribution in [3.05, 3.63) is 83.7 Å². The van der Waals surface area contributed by atoms with Gasteiger partial charge in [-0.1, -0.05) is 60.7 Å². The van der Waals surface area contributed by atoms with Crippen LogP contribution in [-0.4, -0.2) is 42.3 Å². The Balaban J connectivity index is 1.07. The largest absolute Gasteiger partial charge is 0.449 e. The number of carbonyl (C=O) groups excluding carboxylic acids is 1. The second kappa shape index (κ2) is 9.86. The molecule has 6 heteroatoms. The van der Waals surface area contributed by atoms with Gasteiger partial charge >= 0.3 is 6.09 Å². The van der Waals surface area contributed by atoms with Gasteiger partial charge in [-0.15, -0.1) is 0 Å². The Morgan fingerprint density at radius 1 is 1.00 bits per heavy atom. The van der Waals surface area contributed by atoms with Crippen LogP contribution in [-0.2, 0) is 4.74 Å². The molecule has 2 aromatic carbocycles. The van der Waals surface area contributed by atoms with E-state index in [2.05, 4.69) is 44.5 Å². The van der Waals surface area contributed by atoms with Crippen LogP contribution >= 0.6 is 0 Å². The second-order valence-corrected chi connectivity index (χ2v) is 8.45. The molecule has 1 aliphatic heterocycles. The number of hydrogen-bond donors (Lipinski definition) is 1. The zero-order valence-electron chi connectivity index (χ0n) is 18.6. The topological polar surface area (TPSA) is 67.4 Å². The Bertz CT molecular complexity index is 1090. The molecule has 33 heavy (non-hydrogen) atoms. The molecule has 2 heterocycles. The maximum absolute atomic E-state index is 12.2.